The molecule has 3 fully saturated rings. The Morgan fingerprint density at radius 1 is 0.923 bits per heavy atom. The molecule has 3 aliphatic rings. The van der Waals surface area contributed by atoms with Crippen molar-refractivity contribution in [3.05, 3.63) is 0 Å². The molecule has 0 radical (unpaired) electrons. The van der Waals surface area contributed by atoms with Crippen LogP contribution in [0.25, 0.3) is 0 Å². The number of piperazine rings is 1. The second-order valence-corrected chi connectivity index (χ2v) is 9.08. The van der Waals surface area contributed by atoms with E-state index in [0.29, 0.717) is 25.7 Å². The minimum Gasteiger partial charge on any atom is -0.444 e. The van der Waals surface area contributed by atoms with Crippen LogP contribution in [0.4, 0.5) is 4.79 Å². The van der Waals surface area contributed by atoms with Crippen molar-refractivity contribution in [1.29, 1.82) is 0 Å². The van der Waals surface area contributed by atoms with E-state index in [0.717, 1.165) is 32.0 Å². The van der Waals surface area contributed by atoms with Crippen molar-refractivity contribution in [3.63, 3.8) is 0 Å². The number of amides is 2. The SMILES string of the molecule is CC(C)(C)OC(=O)N1CCN(CC(=O)N2CCCC3CCCCC32)CC1. The molecule has 0 N–H and O–H groups in total. The number of hydrogen-bond donors (Lipinski definition) is 0. The van der Waals surface area contributed by atoms with E-state index in [4.69, 9.17) is 4.74 Å². The average molecular weight is 366 g/mol. The van der Waals surface area contributed by atoms with Crippen LogP contribution in [0.15, 0.2) is 0 Å². The fraction of sp³-hybridized carbons (Fsp3) is 0.900. The van der Waals surface area contributed by atoms with Gasteiger partial charge in [0.25, 0.3) is 0 Å². The molecule has 2 unspecified atom stereocenters. The molecular weight excluding hydrogens is 330 g/mol. The van der Waals surface area contributed by atoms with Gasteiger partial charge >= 0.3 is 6.09 Å². The zero-order chi connectivity index (χ0) is 18.7. The summed E-state index contributed by atoms with van der Waals surface area (Å²) < 4.78 is 5.44. The van der Waals surface area contributed by atoms with Crippen LogP contribution in [0.1, 0.15) is 59.3 Å². The second kappa shape index (κ2) is 8.15. The van der Waals surface area contributed by atoms with Crippen molar-refractivity contribution in [3.8, 4) is 0 Å². The molecule has 26 heavy (non-hydrogen) atoms. The lowest BCUT2D eigenvalue weighted by Crippen LogP contribution is -2.55. The molecule has 2 saturated heterocycles. The Labute approximate surface area is 157 Å². The third kappa shape index (κ3) is 4.90. The summed E-state index contributed by atoms with van der Waals surface area (Å²) in [5.74, 6) is 1.01. The number of carbonyl (C=O) groups excluding carboxylic acids is 2. The van der Waals surface area contributed by atoms with Gasteiger partial charge in [-0.15, -0.1) is 0 Å². The minimum atomic E-state index is -0.463. The largest absolute Gasteiger partial charge is 0.444 e. The molecule has 2 heterocycles. The standard InChI is InChI=1S/C20H35N3O3/c1-20(2,3)26-19(25)22-13-11-21(12-14-22)15-18(24)23-10-6-8-16-7-4-5-9-17(16)23/h16-17H,4-15H2,1-3H3. The van der Waals surface area contributed by atoms with E-state index in [2.05, 4.69) is 9.80 Å². The van der Waals surface area contributed by atoms with Gasteiger partial charge in [0.2, 0.25) is 5.91 Å². The number of likely N-dealkylation sites (tertiary alicyclic amines) is 1. The van der Waals surface area contributed by atoms with Crippen molar-refractivity contribution in [2.24, 2.45) is 5.92 Å². The molecule has 0 bridgehead atoms. The first-order valence-electron chi connectivity index (χ1n) is 10.3. The molecule has 6 heteroatoms. The summed E-state index contributed by atoms with van der Waals surface area (Å²) in [5, 5.41) is 0. The number of fused-ring (bicyclic) bond motifs is 1. The van der Waals surface area contributed by atoms with Gasteiger partial charge in [-0.05, 0) is 52.4 Å². The third-order valence-corrected chi connectivity index (χ3v) is 5.95. The van der Waals surface area contributed by atoms with Crippen LogP contribution in [0.2, 0.25) is 0 Å². The molecule has 2 atom stereocenters. The predicted octanol–water partition coefficient (Wildman–Crippen LogP) is 2.72. The van der Waals surface area contributed by atoms with Crippen LogP contribution in [0, 0.1) is 5.92 Å². The molecular formula is C20H35N3O3. The molecule has 2 aliphatic heterocycles. The van der Waals surface area contributed by atoms with E-state index >= 15 is 0 Å². The summed E-state index contributed by atoms with van der Waals surface area (Å²) in [5.41, 5.74) is -0.463. The lowest BCUT2D eigenvalue weighted by atomic mass is 9.78. The summed E-state index contributed by atoms with van der Waals surface area (Å²) in [6, 6.07) is 0.480. The zero-order valence-corrected chi connectivity index (χ0v) is 16.7. The highest BCUT2D eigenvalue weighted by Gasteiger charge is 2.36. The van der Waals surface area contributed by atoms with Crippen LogP contribution in [-0.2, 0) is 9.53 Å². The monoisotopic (exact) mass is 365 g/mol. The smallest absolute Gasteiger partial charge is 0.410 e. The van der Waals surface area contributed by atoms with Gasteiger partial charge in [0.1, 0.15) is 5.60 Å². The quantitative estimate of drug-likeness (QED) is 0.755. The van der Waals surface area contributed by atoms with Crippen molar-refractivity contribution in [1.82, 2.24) is 14.7 Å². The maximum Gasteiger partial charge on any atom is 0.410 e. The zero-order valence-electron chi connectivity index (χ0n) is 16.7. The third-order valence-electron chi connectivity index (χ3n) is 5.95. The molecule has 6 nitrogen and oxygen atoms in total. The molecule has 2 amide bonds. The van der Waals surface area contributed by atoms with E-state index < -0.39 is 5.60 Å². The first-order valence-corrected chi connectivity index (χ1v) is 10.3. The molecule has 0 aromatic rings. The van der Waals surface area contributed by atoms with Gasteiger partial charge in [-0.3, -0.25) is 9.69 Å². The van der Waals surface area contributed by atoms with E-state index in [1.54, 1.807) is 4.90 Å². The van der Waals surface area contributed by atoms with Crippen molar-refractivity contribution in [2.45, 2.75) is 70.9 Å². The van der Waals surface area contributed by atoms with Gasteiger partial charge in [-0.25, -0.2) is 4.79 Å². The van der Waals surface area contributed by atoms with Gasteiger partial charge in [0.15, 0.2) is 0 Å². The Morgan fingerprint density at radius 3 is 2.27 bits per heavy atom. The Morgan fingerprint density at radius 2 is 1.58 bits per heavy atom. The van der Waals surface area contributed by atoms with Crippen LogP contribution in [-0.4, -0.2) is 77.6 Å². The maximum atomic E-state index is 12.9. The summed E-state index contributed by atoms with van der Waals surface area (Å²) in [6.45, 7) is 9.83. The maximum absolute atomic E-state index is 12.9. The fourth-order valence-corrected chi connectivity index (χ4v) is 4.63. The highest BCUT2D eigenvalue weighted by molar-refractivity contribution is 5.79. The number of nitrogens with zero attached hydrogens (tertiary/aromatic N) is 3. The van der Waals surface area contributed by atoms with E-state index in [1.807, 2.05) is 20.8 Å². The summed E-state index contributed by atoms with van der Waals surface area (Å²) in [6.07, 6.45) is 7.27. The van der Waals surface area contributed by atoms with Gasteiger partial charge in [-0.2, -0.15) is 0 Å². The highest BCUT2D eigenvalue weighted by Crippen LogP contribution is 2.35. The van der Waals surface area contributed by atoms with Crippen LogP contribution in [0.3, 0.4) is 0 Å². The Balaban J connectivity index is 1.46. The summed E-state index contributed by atoms with van der Waals surface area (Å²) in [4.78, 5) is 31.2. The van der Waals surface area contributed by atoms with Crippen LogP contribution >= 0.6 is 0 Å². The summed E-state index contributed by atoms with van der Waals surface area (Å²) in [7, 11) is 0. The Kier molecular flexibility index (Phi) is 6.10. The molecule has 1 aliphatic carbocycles. The molecule has 3 rings (SSSR count). The highest BCUT2D eigenvalue weighted by atomic mass is 16.6. The van der Waals surface area contributed by atoms with Crippen molar-refractivity contribution < 1.29 is 14.3 Å². The fourth-order valence-electron chi connectivity index (χ4n) is 4.63. The minimum absolute atomic E-state index is 0.246. The number of carbonyl (C=O) groups is 2. The lowest BCUT2D eigenvalue weighted by Gasteiger charge is -2.45. The molecule has 148 valence electrons. The number of ether oxygens (including phenoxy) is 1. The molecule has 0 spiro atoms. The van der Waals surface area contributed by atoms with Crippen molar-refractivity contribution in [2.75, 3.05) is 39.3 Å². The van der Waals surface area contributed by atoms with Gasteiger partial charge in [-0.1, -0.05) is 12.8 Å². The lowest BCUT2D eigenvalue weighted by molar-refractivity contribution is -0.139. The van der Waals surface area contributed by atoms with E-state index in [9.17, 15) is 9.59 Å². The Bertz CT molecular complexity index is 507. The molecule has 1 saturated carbocycles. The first-order chi connectivity index (χ1) is 12.3. The van der Waals surface area contributed by atoms with Gasteiger partial charge in [0.05, 0.1) is 6.54 Å². The van der Waals surface area contributed by atoms with Crippen LogP contribution in [0.5, 0.6) is 0 Å². The number of rotatable bonds is 2. The van der Waals surface area contributed by atoms with E-state index in [1.165, 1.54) is 32.1 Å². The topological polar surface area (TPSA) is 53.1 Å². The van der Waals surface area contributed by atoms with Crippen molar-refractivity contribution >= 4 is 12.0 Å². The average Bonchev–Trinajstić information content (AvgIpc) is 2.60. The van der Waals surface area contributed by atoms with Gasteiger partial charge < -0.3 is 14.5 Å². The second-order valence-electron chi connectivity index (χ2n) is 9.08. The molecule has 0 aromatic carbocycles. The first kappa shape index (κ1) is 19.5. The number of piperidine rings is 1. The predicted molar refractivity (Wildman–Crippen MR) is 101 cm³/mol. The van der Waals surface area contributed by atoms with E-state index in [-0.39, 0.29) is 12.0 Å². The molecule has 0 aromatic heterocycles. The van der Waals surface area contributed by atoms with Crippen LogP contribution < -0.4 is 0 Å². The Hall–Kier alpha value is -1.30. The number of hydrogen-bond acceptors (Lipinski definition) is 4. The van der Waals surface area contributed by atoms with Gasteiger partial charge in [0, 0.05) is 38.8 Å². The summed E-state index contributed by atoms with van der Waals surface area (Å²) >= 11 is 0. The normalized spacial score (nSPS) is 27.8.